The van der Waals surface area contributed by atoms with E-state index in [-0.39, 0.29) is 28.1 Å². The van der Waals surface area contributed by atoms with Crippen molar-refractivity contribution in [2.75, 3.05) is 5.75 Å². The predicted octanol–water partition coefficient (Wildman–Crippen LogP) is 2.88. The van der Waals surface area contributed by atoms with Gasteiger partial charge in [0.15, 0.2) is 21.8 Å². The van der Waals surface area contributed by atoms with E-state index in [4.69, 9.17) is 10.00 Å². The molecule has 0 saturated heterocycles. The van der Waals surface area contributed by atoms with Crippen LogP contribution in [0.5, 0.6) is 5.75 Å². The van der Waals surface area contributed by atoms with E-state index >= 15 is 0 Å². The van der Waals surface area contributed by atoms with Crippen LogP contribution in [0, 0.1) is 11.3 Å². The summed E-state index contributed by atoms with van der Waals surface area (Å²) < 4.78 is 70.3. The van der Waals surface area contributed by atoms with Gasteiger partial charge in [-0.1, -0.05) is 13.0 Å². The van der Waals surface area contributed by atoms with Gasteiger partial charge in [-0.25, -0.2) is 13.4 Å². The van der Waals surface area contributed by atoms with Crippen molar-refractivity contribution in [2.24, 2.45) is 0 Å². The summed E-state index contributed by atoms with van der Waals surface area (Å²) in [7, 11) is -3.95. The normalized spacial score (nSPS) is 13.0. The van der Waals surface area contributed by atoms with E-state index in [0.29, 0.717) is 10.7 Å². The Morgan fingerprint density at radius 1 is 1.26 bits per heavy atom. The highest BCUT2D eigenvalue weighted by molar-refractivity contribution is 7.91. The maximum absolute atomic E-state index is 13.1. The second-order valence-corrected chi connectivity index (χ2v) is 8.69. The highest BCUT2D eigenvalue weighted by atomic mass is 32.2. The van der Waals surface area contributed by atoms with Crippen LogP contribution in [0.1, 0.15) is 19.4 Å². The summed E-state index contributed by atoms with van der Waals surface area (Å²) in [6.07, 6.45) is -3.32. The first-order chi connectivity index (χ1) is 14.5. The molecule has 0 N–H and O–H groups in total. The van der Waals surface area contributed by atoms with Gasteiger partial charge < -0.3 is 4.74 Å². The van der Waals surface area contributed by atoms with Crippen molar-refractivity contribution in [1.29, 1.82) is 5.26 Å². The highest BCUT2D eigenvalue weighted by Gasteiger charge is 2.31. The smallest absolute Gasteiger partial charge is 0.416 e. The molecule has 0 amide bonds. The summed E-state index contributed by atoms with van der Waals surface area (Å²) in [5.74, 6) is -0.763. The van der Waals surface area contributed by atoms with Crippen molar-refractivity contribution in [1.82, 2.24) is 14.8 Å². The average Bonchev–Trinajstić information content (AvgIpc) is 2.73. The summed E-state index contributed by atoms with van der Waals surface area (Å²) in [5, 5.41) is 12.6. The number of rotatable bonds is 5. The van der Waals surface area contributed by atoms with Gasteiger partial charge in [0.2, 0.25) is 0 Å². The zero-order valence-electron chi connectivity index (χ0n) is 16.2. The number of sulfone groups is 1. The minimum atomic E-state index is -4.67. The van der Waals surface area contributed by atoms with Crippen LogP contribution in [0.3, 0.4) is 0 Å². The molecule has 0 aliphatic rings. The summed E-state index contributed by atoms with van der Waals surface area (Å²) in [6.45, 7) is 2.81. The van der Waals surface area contributed by atoms with E-state index in [1.54, 1.807) is 0 Å². The first kappa shape index (κ1) is 22.2. The van der Waals surface area contributed by atoms with Gasteiger partial charge in [0.25, 0.3) is 5.56 Å². The number of fused-ring (bicyclic) bond motifs is 1. The molecule has 0 radical (unpaired) electrons. The molecule has 0 saturated carbocycles. The number of hydrogen-bond donors (Lipinski definition) is 0. The Balaban J connectivity index is 2.27. The number of nitrogens with zero attached hydrogens (tertiary/aromatic N) is 4. The van der Waals surface area contributed by atoms with Crippen LogP contribution in [-0.2, 0) is 16.0 Å². The Kier molecular flexibility index (Phi) is 5.73. The lowest BCUT2D eigenvalue weighted by atomic mass is 10.1. The van der Waals surface area contributed by atoms with Gasteiger partial charge in [-0.3, -0.25) is 4.79 Å². The van der Waals surface area contributed by atoms with Crippen LogP contribution in [0.15, 0.2) is 46.3 Å². The van der Waals surface area contributed by atoms with Gasteiger partial charge in [-0.15, -0.1) is 0 Å². The molecule has 3 rings (SSSR count). The van der Waals surface area contributed by atoms with Crippen molar-refractivity contribution < 1.29 is 26.3 Å². The SMILES string of the molecule is CCS(=O)(=O)c1cc(OC(C)C#N)cnc1-n1ncc2ccc(C(F)(F)F)cc2c1=O. The quantitative estimate of drug-likeness (QED) is 0.585. The molecule has 1 aromatic carbocycles. The number of benzene rings is 1. The Hall–Kier alpha value is -3.46. The lowest BCUT2D eigenvalue weighted by Crippen LogP contribution is -2.25. The molecule has 2 aromatic heterocycles. The minimum absolute atomic E-state index is 0.0296. The monoisotopic (exact) mass is 452 g/mol. The molecule has 2 heterocycles. The molecule has 0 bridgehead atoms. The lowest BCUT2D eigenvalue weighted by molar-refractivity contribution is -0.137. The zero-order chi connectivity index (χ0) is 23.0. The van der Waals surface area contributed by atoms with E-state index < -0.39 is 38.1 Å². The van der Waals surface area contributed by atoms with Gasteiger partial charge >= 0.3 is 6.18 Å². The van der Waals surface area contributed by atoms with Gasteiger partial charge in [0, 0.05) is 11.5 Å². The maximum atomic E-state index is 13.1. The summed E-state index contributed by atoms with van der Waals surface area (Å²) in [4.78, 5) is 16.5. The number of aromatic nitrogens is 3. The predicted molar refractivity (Wildman–Crippen MR) is 104 cm³/mol. The van der Waals surface area contributed by atoms with E-state index in [1.807, 2.05) is 6.07 Å². The molecule has 0 fully saturated rings. The molecule has 162 valence electrons. The van der Waals surface area contributed by atoms with Crippen molar-refractivity contribution in [3.05, 3.63) is 52.6 Å². The summed E-state index contributed by atoms with van der Waals surface area (Å²) in [5.41, 5.74) is -2.00. The van der Waals surface area contributed by atoms with Gasteiger partial charge in [0.1, 0.15) is 16.7 Å². The summed E-state index contributed by atoms with van der Waals surface area (Å²) >= 11 is 0. The third-order valence-electron chi connectivity index (χ3n) is 4.33. The number of hydrogen-bond acceptors (Lipinski definition) is 7. The Morgan fingerprint density at radius 3 is 2.58 bits per heavy atom. The molecule has 12 heteroatoms. The Labute approximate surface area is 174 Å². The second kappa shape index (κ2) is 7.99. The van der Waals surface area contributed by atoms with Crippen molar-refractivity contribution in [3.63, 3.8) is 0 Å². The average molecular weight is 452 g/mol. The van der Waals surface area contributed by atoms with Crippen molar-refractivity contribution in [3.8, 4) is 17.6 Å². The molecule has 1 unspecified atom stereocenters. The molecule has 0 aliphatic carbocycles. The fraction of sp³-hybridized carbons (Fsp3) is 0.263. The first-order valence-electron chi connectivity index (χ1n) is 8.86. The number of ether oxygens (including phenoxy) is 1. The van der Waals surface area contributed by atoms with E-state index in [1.165, 1.54) is 13.8 Å². The van der Waals surface area contributed by atoms with E-state index in [9.17, 15) is 26.4 Å². The molecule has 3 aromatic rings. The standard InChI is InChI=1S/C19H15F3N4O4S/c1-3-31(28,29)16-7-14(30-11(2)8-23)10-24-17(16)26-18(27)15-6-13(19(20,21)22)5-4-12(15)9-25-26/h4-7,9-11H,3H2,1-2H3. The second-order valence-electron chi connectivity index (χ2n) is 6.45. The Morgan fingerprint density at radius 2 is 1.97 bits per heavy atom. The van der Waals surface area contributed by atoms with E-state index in [0.717, 1.165) is 30.6 Å². The fourth-order valence-corrected chi connectivity index (χ4v) is 3.75. The number of halogens is 3. The third kappa shape index (κ3) is 4.36. The fourth-order valence-electron chi connectivity index (χ4n) is 2.73. The molecular formula is C19H15F3N4O4S. The van der Waals surface area contributed by atoms with Gasteiger partial charge in [-0.2, -0.15) is 28.2 Å². The van der Waals surface area contributed by atoms with Crippen LogP contribution >= 0.6 is 0 Å². The van der Waals surface area contributed by atoms with Crippen LogP contribution < -0.4 is 10.3 Å². The van der Waals surface area contributed by atoms with Crippen LogP contribution in [0.25, 0.3) is 16.6 Å². The number of pyridine rings is 1. The third-order valence-corrected chi connectivity index (χ3v) is 6.06. The van der Waals surface area contributed by atoms with Crippen molar-refractivity contribution in [2.45, 2.75) is 31.0 Å². The minimum Gasteiger partial charge on any atom is -0.474 e. The van der Waals surface area contributed by atoms with Crippen LogP contribution in [-0.4, -0.2) is 35.0 Å². The molecule has 1 atom stereocenters. The number of alkyl halides is 3. The summed E-state index contributed by atoms with van der Waals surface area (Å²) in [6, 6.07) is 5.52. The molecule has 8 nitrogen and oxygen atoms in total. The maximum Gasteiger partial charge on any atom is 0.416 e. The van der Waals surface area contributed by atoms with Gasteiger partial charge in [0.05, 0.1) is 29.1 Å². The van der Waals surface area contributed by atoms with Gasteiger partial charge in [-0.05, 0) is 19.1 Å². The van der Waals surface area contributed by atoms with Crippen LogP contribution in [0.2, 0.25) is 0 Å². The first-order valence-corrected chi connectivity index (χ1v) is 10.5. The lowest BCUT2D eigenvalue weighted by Gasteiger charge is -2.14. The molecule has 31 heavy (non-hydrogen) atoms. The molecule has 0 aliphatic heterocycles. The zero-order valence-corrected chi connectivity index (χ0v) is 17.0. The van der Waals surface area contributed by atoms with E-state index in [2.05, 4.69) is 10.1 Å². The highest BCUT2D eigenvalue weighted by Crippen LogP contribution is 2.31. The topological polar surface area (TPSA) is 115 Å². The molecule has 0 spiro atoms. The number of nitriles is 1. The van der Waals surface area contributed by atoms with Crippen LogP contribution in [0.4, 0.5) is 13.2 Å². The molecular weight excluding hydrogens is 437 g/mol. The Bertz CT molecular complexity index is 1360. The largest absolute Gasteiger partial charge is 0.474 e. The van der Waals surface area contributed by atoms with Crippen molar-refractivity contribution >= 4 is 20.6 Å².